The molecule has 0 aliphatic carbocycles. The van der Waals surface area contributed by atoms with Crippen LogP contribution in [0.3, 0.4) is 0 Å². The standard InChI is InChI=1S/C32H20N2O3/c35-34(36)29-17-14-22-8-3-4-10-26(22)32(29)33(24-15-13-21-7-1-2-9-23(21)19-24)25-16-18-31-28(20-25)27-11-5-6-12-30(27)37-31/h1-20H. The van der Waals surface area contributed by atoms with Crippen molar-refractivity contribution >= 4 is 66.2 Å². The number of benzene rings is 6. The Kier molecular flexibility index (Phi) is 4.69. The second-order valence-corrected chi connectivity index (χ2v) is 9.06. The van der Waals surface area contributed by atoms with E-state index in [1.807, 2.05) is 89.8 Å². The van der Waals surface area contributed by atoms with E-state index in [9.17, 15) is 10.1 Å². The van der Waals surface area contributed by atoms with Gasteiger partial charge in [-0.15, -0.1) is 0 Å². The van der Waals surface area contributed by atoms with Gasteiger partial charge in [0, 0.05) is 33.6 Å². The highest BCUT2D eigenvalue weighted by Gasteiger charge is 2.26. The van der Waals surface area contributed by atoms with Gasteiger partial charge < -0.3 is 9.32 Å². The second kappa shape index (κ2) is 8.21. The molecule has 1 heterocycles. The molecule has 0 saturated carbocycles. The van der Waals surface area contributed by atoms with Crippen molar-refractivity contribution in [1.29, 1.82) is 0 Å². The molecule has 0 radical (unpaired) electrons. The van der Waals surface area contributed by atoms with E-state index in [-0.39, 0.29) is 10.6 Å². The maximum absolute atomic E-state index is 12.4. The van der Waals surface area contributed by atoms with Crippen molar-refractivity contribution in [3.63, 3.8) is 0 Å². The van der Waals surface area contributed by atoms with Crippen LogP contribution < -0.4 is 4.90 Å². The predicted octanol–water partition coefficient (Wildman–Crippen LogP) is 9.27. The van der Waals surface area contributed by atoms with Crippen molar-refractivity contribution in [3.8, 4) is 0 Å². The monoisotopic (exact) mass is 480 g/mol. The van der Waals surface area contributed by atoms with Gasteiger partial charge in [-0.2, -0.15) is 0 Å². The molecule has 0 fully saturated rings. The van der Waals surface area contributed by atoms with Crippen LogP contribution in [0, 0.1) is 10.1 Å². The quantitative estimate of drug-likeness (QED) is 0.186. The highest BCUT2D eigenvalue weighted by Crippen LogP contribution is 2.46. The molecule has 7 aromatic rings. The first-order valence-electron chi connectivity index (χ1n) is 12.0. The summed E-state index contributed by atoms with van der Waals surface area (Å²) in [6.45, 7) is 0. The van der Waals surface area contributed by atoms with Crippen LogP contribution in [-0.2, 0) is 0 Å². The summed E-state index contributed by atoms with van der Waals surface area (Å²) in [5, 5.41) is 18.2. The number of anilines is 3. The summed E-state index contributed by atoms with van der Waals surface area (Å²) in [6.07, 6.45) is 0. The molecule has 37 heavy (non-hydrogen) atoms. The van der Waals surface area contributed by atoms with E-state index in [1.165, 1.54) is 0 Å². The summed E-state index contributed by atoms with van der Waals surface area (Å²) in [5.41, 5.74) is 3.81. The largest absolute Gasteiger partial charge is 0.456 e. The van der Waals surface area contributed by atoms with Gasteiger partial charge in [-0.3, -0.25) is 10.1 Å². The van der Waals surface area contributed by atoms with Crippen LogP contribution in [0.5, 0.6) is 0 Å². The van der Waals surface area contributed by atoms with Crippen molar-refractivity contribution < 1.29 is 9.34 Å². The summed E-state index contributed by atoms with van der Waals surface area (Å²) in [4.78, 5) is 14.0. The Morgan fingerprint density at radius 3 is 2.03 bits per heavy atom. The van der Waals surface area contributed by atoms with Crippen LogP contribution in [0.15, 0.2) is 126 Å². The molecule has 7 rings (SSSR count). The number of hydrogen-bond donors (Lipinski definition) is 0. The van der Waals surface area contributed by atoms with Crippen molar-refractivity contribution in [2.24, 2.45) is 0 Å². The van der Waals surface area contributed by atoms with E-state index >= 15 is 0 Å². The molecule has 0 saturated heterocycles. The SMILES string of the molecule is O=[N+]([O-])c1ccc2ccccc2c1N(c1ccc2ccccc2c1)c1ccc2oc3ccccc3c2c1. The smallest absolute Gasteiger partial charge is 0.293 e. The molecule has 5 nitrogen and oxygen atoms in total. The van der Waals surface area contributed by atoms with Crippen LogP contribution >= 0.6 is 0 Å². The first kappa shape index (κ1) is 21.1. The van der Waals surface area contributed by atoms with Gasteiger partial charge in [0.15, 0.2) is 0 Å². The number of para-hydroxylation sites is 1. The number of nitrogens with zero attached hydrogens (tertiary/aromatic N) is 2. The number of furan rings is 1. The van der Waals surface area contributed by atoms with E-state index < -0.39 is 0 Å². The van der Waals surface area contributed by atoms with Crippen molar-refractivity contribution in [1.82, 2.24) is 0 Å². The molecule has 0 amide bonds. The maximum Gasteiger partial charge on any atom is 0.293 e. The van der Waals surface area contributed by atoms with Gasteiger partial charge in [0.25, 0.3) is 5.69 Å². The fraction of sp³-hybridized carbons (Fsp3) is 0. The zero-order chi connectivity index (χ0) is 24.9. The Bertz CT molecular complexity index is 1990. The van der Waals surface area contributed by atoms with E-state index in [2.05, 4.69) is 30.3 Å². The fourth-order valence-electron chi connectivity index (χ4n) is 5.20. The molecular formula is C32H20N2O3. The van der Waals surface area contributed by atoms with Crippen LogP contribution in [0.2, 0.25) is 0 Å². The number of hydrogen-bond acceptors (Lipinski definition) is 4. The highest BCUT2D eigenvalue weighted by atomic mass is 16.6. The lowest BCUT2D eigenvalue weighted by atomic mass is 10.0. The lowest BCUT2D eigenvalue weighted by molar-refractivity contribution is -0.383. The fourth-order valence-corrected chi connectivity index (χ4v) is 5.20. The molecule has 0 unspecified atom stereocenters. The topological polar surface area (TPSA) is 59.5 Å². The van der Waals surface area contributed by atoms with Crippen LogP contribution in [-0.4, -0.2) is 4.92 Å². The molecule has 6 aromatic carbocycles. The summed E-state index contributed by atoms with van der Waals surface area (Å²) in [6, 6.07) is 39.4. The van der Waals surface area contributed by atoms with E-state index in [1.54, 1.807) is 6.07 Å². The normalized spacial score (nSPS) is 11.5. The third kappa shape index (κ3) is 3.40. The zero-order valence-electron chi connectivity index (χ0n) is 19.7. The molecule has 0 atom stereocenters. The van der Waals surface area contributed by atoms with Gasteiger partial charge in [-0.1, -0.05) is 72.8 Å². The third-order valence-corrected chi connectivity index (χ3v) is 6.91. The van der Waals surface area contributed by atoms with Crippen LogP contribution in [0.25, 0.3) is 43.5 Å². The zero-order valence-corrected chi connectivity index (χ0v) is 19.7. The minimum Gasteiger partial charge on any atom is -0.456 e. The first-order chi connectivity index (χ1) is 18.2. The Balaban J connectivity index is 1.58. The van der Waals surface area contributed by atoms with Crippen molar-refractivity contribution in [2.75, 3.05) is 4.90 Å². The van der Waals surface area contributed by atoms with Gasteiger partial charge in [0.05, 0.1) is 4.92 Å². The number of nitro groups is 1. The number of nitro benzene ring substituents is 1. The molecule has 0 aliphatic rings. The minimum absolute atomic E-state index is 0.0454. The molecule has 1 aromatic heterocycles. The molecule has 0 aliphatic heterocycles. The second-order valence-electron chi connectivity index (χ2n) is 9.06. The van der Waals surface area contributed by atoms with Gasteiger partial charge in [0.2, 0.25) is 0 Å². The van der Waals surface area contributed by atoms with Gasteiger partial charge in [-0.05, 0) is 58.6 Å². The molecule has 0 spiro atoms. The van der Waals surface area contributed by atoms with Crippen LogP contribution in [0.4, 0.5) is 22.7 Å². The summed E-state index contributed by atoms with van der Waals surface area (Å²) in [5.74, 6) is 0. The number of rotatable bonds is 4. The Hall–Kier alpha value is -5.16. The molecule has 0 N–H and O–H groups in total. The predicted molar refractivity (Wildman–Crippen MR) is 150 cm³/mol. The lowest BCUT2D eigenvalue weighted by Crippen LogP contribution is -2.12. The molecular weight excluding hydrogens is 460 g/mol. The lowest BCUT2D eigenvalue weighted by Gasteiger charge is -2.27. The minimum atomic E-state index is -0.304. The number of fused-ring (bicyclic) bond motifs is 5. The summed E-state index contributed by atoms with van der Waals surface area (Å²) < 4.78 is 6.06. The molecule has 176 valence electrons. The Labute approximate surface area is 211 Å². The average molecular weight is 481 g/mol. The van der Waals surface area contributed by atoms with E-state index in [0.29, 0.717) is 5.69 Å². The van der Waals surface area contributed by atoms with Gasteiger partial charge >= 0.3 is 0 Å². The van der Waals surface area contributed by atoms with Gasteiger partial charge in [-0.25, -0.2) is 0 Å². The van der Waals surface area contributed by atoms with Crippen molar-refractivity contribution in [2.45, 2.75) is 0 Å². The van der Waals surface area contributed by atoms with Crippen molar-refractivity contribution in [3.05, 3.63) is 131 Å². The Morgan fingerprint density at radius 2 is 1.19 bits per heavy atom. The molecule has 0 bridgehead atoms. The third-order valence-electron chi connectivity index (χ3n) is 6.91. The van der Waals surface area contributed by atoms with E-state index in [0.717, 1.165) is 54.9 Å². The summed E-state index contributed by atoms with van der Waals surface area (Å²) >= 11 is 0. The van der Waals surface area contributed by atoms with Crippen LogP contribution in [0.1, 0.15) is 0 Å². The summed E-state index contributed by atoms with van der Waals surface area (Å²) in [7, 11) is 0. The van der Waals surface area contributed by atoms with Gasteiger partial charge in [0.1, 0.15) is 16.9 Å². The maximum atomic E-state index is 12.4. The Morgan fingerprint density at radius 1 is 0.568 bits per heavy atom. The van der Waals surface area contributed by atoms with E-state index in [4.69, 9.17) is 4.42 Å². The first-order valence-corrected chi connectivity index (χ1v) is 12.0. The highest BCUT2D eigenvalue weighted by molar-refractivity contribution is 6.09. The average Bonchev–Trinajstić information content (AvgIpc) is 3.31. The molecule has 5 heteroatoms.